The molecule has 0 aliphatic rings. The molecule has 0 aliphatic carbocycles. The Morgan fingerprint density at radius 2 is 1.54 bits per heavy atom. The van der Waals surface area contributed by atoms with Crippen molar-refractivity contribution in [3.63, 3.8) is 0 Å². The fraction of sp³-hybridized carbons (Fsp3) is 0. The van der Waals surface area contributed by atoms with E-state index in [4.69, 9.17) is 0 Å². The smallest absolute Gasteiger partial charge is 0.213 e. The fourth-order valence-electron chi connectivity index (χ4n) is 1.09. The average Bonchev–Trinajstić information content (AvgIpc) is 2.21. The Morgan fingerprint density at radius 1 is 0.923 bits per heavy atom. The predicted molar refractivity (Wildman–Crippen MR) is 52.9 cm³/mol. The van der Waals surface area contributed by atoms with Gasteiger partial charge in [-0.05, 0) is 0 Å². The van der Waals surface area contributed by atoms with Gasteiger partial charge >= 0.3 is 51.4 Å². The zero-order valence-corrected chi connectivity index (χ0v) is 6.59. The molecule has 0 unspecified atom stereocenters. The standard InChI is InChI=1S/C10H9N2.K.H/c1-2-8-12(9-3-1)10-4-6-11-7-5-10;;/h1-9H;;/q+1;;. The molecule has 2 aromatic rings. The van der Waals surface area contributed by atoms with Crippen molar-refractivity contribution in [3.05, 3.63) is 55.1 Å². The molecule has 0 bridgehead atoms. The Kier molecular flexibility index (Phi) is 4.76. The third kappa shape index (κ3) is 2.97. The summed E-state index contributed by atoms with van der Waals surface area (Å²) in [7, 11) is 0. The van der Waals surface area contributed by atoms with Gasteiger partial charge in [0.15, 0.2) is 12.4 Å². The molecule has 3 heteroatoms. The van der Waals surface area contributed by atoms with Gasteiger partial charge < -0.3 is 0 Å². The number of pyridine rings is 2. The van der Waals surface area contributed by atoms with Crippen molar-refractivity contribution in [2.75, 3.05) is 0 Å². The van der Waals surface area contributed by atoms with Crippen molar-refractivity contribution in [2.24, 2.45) is 0 Å². The second kappa shape index (κ2) is 5.62. The van der Waals surface area contributed by atoms with Crippen LogP contribution in [0.3, 0.4) is 0 Å². The van der Waals surface area contributed by atoms with Crippen LogP contribution in [-0.2, 0) is 0 Å². The largest absolute Gasteiger partial charge is 0.264 e. The summed E-state index contributed by atoms with van der Waals surface area (Å²) in [5.41, 5.74) is 1.13. The first-order chi connectivity index (χ1) is 5.97. The van der Waals surface area contributed by atoms with Gasteiger partial charge in [0.2, 0.25) is 5.69 Å². The first-order valence-corrected chi connectivity index (χ1v) is 3.83. The summed E-state index contributed by atoms with van der Waals surface area (Å²) in [6, 6.07) is 9.94. The van der Waals surface area contributed by atoms with E-state index in [-0.39, 0.29) is 51.4 Å². The maximum Gasteiger partial charge on any atom is 0.213 e. The SMILES string of the molecule is [KH].c1cc[n+](-c2ccncc2)cc1. The van der Waals surface area contributed by atoms with Crippen LogP contribution in [0, 0.1) is 0 Å². The maximum absolute atomic E-state index is 3.96. The van der Waals surface area contributed by atoms with E-state index >= 15 is 0 Å². The fourth-order valence-corrected chi connectivity index (χ4v) is 1.09. The van der Waals surface area contributed by atoms with Crippen LogP contribution in [-0.4, -0.2) is 56.4 Å². The predicted octanol–water partition coefficient (Wildman–Crippen LogP) is 0.710. The molecule has 0 atom stereocenters. The maximum atomic E-state index is 3.96. The third-order valence-electron chi connectivity index (χ3n) is 1.68. The monoisotopic (exact) mass is 197 g/mol. The Bertz CT molecular complexity index is 310. The molecule has 0 fully saturated rings. The summed E-state index contributed by atoms with van der Waals surface area (Å²) in [6.07, 6.45) is 7.59. The molecule has 2 aromatic heterocycles. The van der Waals surface area contributed by atoms with Gasteiger partial charge in [-0.15, -0.1) is 0 Å². The van der Waals surface area contributed by atoms with Gasteiger partial charge in [0, 0.05) is 36.7 Å². The van der Waals surface area contributed by atoms with Crippen LogP contribution in [0.4, 0.5) is 0 Å². The molecular weight excluding hydrogens is 187 g/mol. The minimum atomic E-state index is 0. The van der Waals surface area contributed by atoms with Gasteiger partial charge in [0.05, 0.1) is 0 Å². The van der Waals surface area contributed by atoms with E-state index in [0.717, 1.165) is 5.69 Å². The number of nitrogens with zero attached hydrogens (tertiary/aromatic N) is 2. The van der Waals surface area contributed by atoms with Crippen LogP contribution in [0.2, 0.25) is 0 Å². The molecule has 2 nitrogen and oxygen atoms in total. The molecule has 0 aromatic carbocycles. The summed E-state index contributed by atoms with van der Waals surface area (Å²) >= 11 is 0. The van der Waals surface area contributed by atoms with Crippen molar-refractivity contribution < 1.29 is 4.57 Å². The molecule has 2 rings (SSSR count). The molecule has 0 N–H and O–H groups in total. The molecule has 13 heavy (non-hydrogen) atoms. The van der Waals surface area contributed by atoms with Crippen molar-refractivity contribution in [2.45, 2.75) is 0 Å². The summed E-state index contributed by atoms with van der Waals surface area (Å²) in [6.45, 7) is 0. The van der Waals surface area contributed by atoms with Crippen molar-refractivity contribution >= 4 is 51.4 Å². The van der Waals surface area contributed by atoms with E-state index in [2.05, 4.69) is 4.98 Å². The second-order valence-electron chi connectivity index (χ2n) is 2.49. The number of hydrogen-bond acceptors (Lipinski definition) is 1. The second-order valence-corrected chi connectivity index (χ2v) is 2.49. The average molecular weight is 197 g/mol. The number of rotatable bonds is 1. The quantitative estimate of drug-likeness (QED) is 0.486. The van der Waals surface area contributed by atoms with Crippen LogP contribution in [0.25, 0.3) is 5.69 Å². The van der Waals surface area contributed by atoms with Crippen molar-refractivity contribution in [1.29, 1.82) is 0 Å². The van der Waals surface area contributed by atoms with Gasteiger partial charge in [0.25, 0.3) is 0 Å². The van der Waals surface area contributed by atoms with Crippen LogP contribution in [0.15, 0.2) is 55.1 Å². The normalized spacial score (nSPS) is 8.92. The molecule has 0 spiro atoms. The summed E-state index contributed by atoms with van der Waals surface area (Å²) in [4.78, 5) is 3.96. The first-order valence-electron chi connectivity index (χ1n) is 3.83. The van der Waals surface area contributed by atoms with E-state index in [9.17, 15) is 0 Å². The minimum Gasteiger partial charge on any atom is -0.264 e. The van der Waals surface area contributed by atoms with E-state index in [1.54, 1.807) is 12.4 Å². The molecule has 0 saturated heterocycles. The van der Waals surface area contributed by atoms with Gasteiger partial charge in [-0.1, -0.05) is 6.07 Å². The summed E-state index contributed by atoms with van der Waals surface area (Å²) < 4.78 is 2.04. The minimum absolute atomic E-state index is 0. The number of hydrogen-bond donors (Lipinski definition) is 0. The zero-order chi connectivity index (χ0) is 8.23. The Balaban J connectivity index is 0.000000845. The molecule has 2 heterocycles. The molecule has 60 valence electrons. The Hall–Kier alpha value is -0.0636. The Morgan fingerprint density at radius 3 is 2.15 bits per heavy atom. The summed E-state index contributed by atoms with van der Waals surface area (Å²) in [5, 5.41) is 0. The van der Waals surface area contributed by atoms with Gasteiger partial charge in [-0.2, -0.15) is 4.57 Å². The first kappa shape index (κ1) is 11.0. The molecule has 0 saturated carbocycles. The zero-order valence-electron chi connectivity index (χ0n) is 6.59. The molecule has 0 radical (unpaired) electrons. The van der Waals surface area contributed by atoms with Crippen LogP contribution >= 0.6 is 0 Å². The molecule has 0 aliphatic heterocycles. The van der Waals surface area contributed by atoms with Gasteiger partial charge in [-0.25, -0.2) is 0 Å². The topological polar surface area (TPSA) is 16.8 Å². The number of aromatic nitrogens is 2. The van der Waals surface area contributed by atoms with E-state index in [1.807, 2.05) is 47.3 Å². The van der Waals surface area contributed by atoms with E-state index in [1.165, 1.54) is 0 Å². The van der Waals surface area contributed by atoms with Crippen LogP contribution in [0.1, 0.15) is 0 Å². The van der Waals surface area contributed by atoms with Gasteiger partial charge in [0.1, 0.15) is 0 Å². The Labute approximate surface area is 120 Å². The van der Waals surface area contributed by atoms with Crippen LogP contribution in [0.5, 0.6) is 0 Å². The van der Waals surface area contributed by atoms with Gasteiger partial charge in [-0.3, -0.25) is 4.98 Å². The van der Waals surface area contributed by atoms with E-state index in [0.29, 0.717) is 0 Å². The molecular formula is C10H10KN2+. The van der Waals surface area contributed by atoms with Crippen LogP contribution < -0.4 is 4.57 Å². The molecule has 0 amide bonds. The van der Waals surface area contributed by atoms with Crippen molar-refractivity contribution in [1.82, 2.24) is 4.98 Å². The summed E-state index contributed by atoms with van der Waals surface area (Å²) in [5.74, 6) is 0. The third-order valence-corrected chi connectivity index (χ3v) is 1.68. The van der Waals surface area contributed by atoms with Crippen molar-refractivity contribution in [3.8, 4) is 5.69 Å². The van der Waals surface area contributed by atoms with E-state index < -0.39 is 0 Å².